The lowest BCUT2D eigenvalue weighted by atomic mass is 9.94. The number of carbonyl (C=O) groups excluding carboxylic acids is 1. The maximum Gasteiger partial charge on any atom is 0.326 e. The molecule has 2 amide bonds. The molecule has 0 radical (unpaired) electrons. The molecule has 1 aliphatic heterocycles. The van der Waals surface area contributed by atoms with Crippen molar-refractivity contribution in [3.63, 3.8) is 0 Å². The second-order valence-corrected chi connectivity index (χ2v) is 5.78. The molecule has 120 valence electrons. The van der Waals surface area contributed by atoms with Crippen molar-refractivity contribution in [1.29, 1.82) is 0 Å². The van der Waals surface area contributed by atoms with Gasteiger partial charge in [0.15, 0.2) is 0 Å². The molecule has 0 aromatic rings. The Bertz CT molecular complexity index is 390. The lowest BCUT2D eigenvalue weighted by Crippen LogP contribution is -2.51. The maximum atomic E-state index is 12.6. The van der Waals surface area contributed by atoms with Gasteiger partial charge in [-0.05, 0) is 24.7 Å². The number of ether oxygens (including phenoxy) is 1. The third-order valence-corrected chi connectivity index (χ3v) is 4.59. The van der Waals surface area contributed by atoms with Crippen molar-refractivity contribution >= 4 is 12.0 Å². The largest absolute Gasteiger partial charge is 0.480 e. The van der Waals surface area contributed by atoms with Crippen LogP contribution in [0.15, 0.2) is 0 Å². The Balaban J connectivity index is 2.10. The zero-order chi connectivity index (χ0) is 15.4. The number of rotatable bonds is 6. The molecule has 0 aromatic carbocycles. The topological polar surface area (TPSA) is 90.3 Å². The molecule has 1 aliphatic carbocycles. The van der Waals surface area contributed by atoms with Crippen LogP contribution >= 0.6 is 0 Å². The molecule has 7 heteroatoms. The van der Waals surface area contributed by atoms with Gasteiger partial charge in [0.1, 0.15) is 6.04 Å². The molecule has 2 aliphatic rings. The van der Waals surface area contributed by atoms with Crippen LogP contribution in [0.3, 0.4) is 0 Å². The van der Waals surface area contributed by atoms with E-state index in [1.165, 1.54) is 9.80 Å². The molecule has 3 unspecified atom stereocenters. The fourth-order valence-corrected chi connectivity index (χ4v) is 3.63. The van der Waals surface area contributed by atoms with Gasteiger partial charge in [-0.1, -0.05) is 6.42 Å². The van der Waals surface area contributed by atoms with Gasteiger partial charge in [0.05, 0.1) is 13.2 Å². The summed E-state index contributed by atoms with van der Waals surface area (Å²) in [5, 5.41) is 18.6. The van der Waals surface area contributed by atoms with Crippen LogP contribution < -0.4 is 0 Å². The van der Waals surface area contributed by atoms with E-state index in [2.05, 4.69) is 0 Å². The van der Waals surface area contributed by atoms with Gasteiger partial charge in [0.2, 0.25) is 0 Å². The number of aliphatic carboxylic acids is 1. The zero-order valence-corrected chi connectivity index (χ0v) is 12.4. The fraction of sp³-hybridized carbons (Fsp3) is 0.857. The van der Waals surface area contributed by atoms with E-state index in [-0.39, 0.29) is 25.1 Å². The average Bonchev–Trinajstić information content (AvgIpc) is 3.02. The van der Waals surface area contributed by atoms with Crippen molar-refractivity contribution in [3.8, 4) is 0 Å². The second-order valence-electron chi connectivity index (χ2n) is 5.78. The summed E-state index contributed by atoms with van der Waals surface area (Å²) >= 11 is 0. The van der Waals surface area contributed by atoms with Crippen LogP contribution in [-0.2, 0) is 9.53 Å². The first-order valence-corrected chi connectivity index (χ1v) is 7.48. The minimum atomic E-state index is -0.923. The van der Waals surface area contributed by atoms with Gasteiger partial charge >= 0.3 is 12.0 Å². The predicted molar refractivity (Wildman–Crippen MR) is 74.9 cm³/mol. The number of hydrogen-bond acceptors (Lipinski definition) is 4. The number of carbonyl (C=O) groups is 2. The summed E-state index contributed by atoms with van der Waals surface area (Å²) in [6.45, 7) is 1.28. The first-order chi connectivity index (χ1) is 10.1. The van der Waals surface area contributed by atoms with Crippen molar-refractivity contribution in [2.24, 2.45) is 11.8 Å². The van der Waals surface area contributed by atoms with Crippen molar-refractivity contribution in [2.75, 3.05) is 40.0 Å². The van der Waals surface area contributed by atoms with Crippen molar-refractivity contribution in [2.45, 2.75) is 25.3 Å². The number of hydrogen-bond donors (Lipinski definition) is 2. The van der Waals surface area contributed by atoms with Crippen LogP contribution in [0.1, 0.15) is 19.3 Å². The Kier molecular flexibility index (Phi) is 5.41. The SMILES string of the molecule is COCCN(CCO)C(=O)N1CC2CCCC2C1C(=O)O. The summed E-state index contributed by atoms with van der Waals surface area (Å²) in [5.74, 6) is -0.549. The number of aliphatic hydroxyl groups excluding tert-OH is 1. The average molecular weight is 300 g/mol. The van der Waals surface area contributed by atoms with Gasteiger partial charge in [-0.15, -0.1) is 0 Å². The van der Waals surface area contributed by atoms with E-state index in [4.69, 9.17) is 9.84 Å². The molecular weight excluding hydrogens is 276 g/mol. The Morgan fingerprint density at radius 2 is 2.10 bits per heavy atom. The summed E-state index contributed by atoms with van der Waals surface area (Å²) in [6, 6.07) is -1.03. The summed E-state index contributed by atoms with van der Waals surface area (Å²) in [5.41, 5.74) is 0. The first-order valence-electron chi connectivity index (χ1n) is 7.48. The molecule has 3 atom stereocenters. The molecule has 2 fully saturated rings. The number of urea groups is 1. The fourth-order valence-electron chi connectivity index (χ4n) is 3.63. The lowest BCUT2D eigenvalue weighted by Gasteiger charge is -2.31. The van der Waals surface area contributed by atoms with Crippen LogP contribution in [0.5, 0.6) is 0 Å². The minimum absolute atomic E-state index is 0.0739. The number of carboxylic acids is 1. The summed E-state index contributed by atoms with van der Waals surface area (Å²) in [6.07, 6.45) is 2.92. The molecule has 1 heterocycles. The highest BCUT2D eigenvalue weighted by Gasteiger charge is 2.50. The van der Waals surface area contributed by atoms with Crippen LogP contribution in [0.4, 0.5) is 4.79 Å². The first kappa shape index (κ1) is 16.0. The monoisotopic (exact) mass is 300 g/mol. The molecule has 7 nitrogen and oxygen atoms in total. The Morgan fingerprint density at radius 1 is 1.33 bits per heavy atom. The standard InChI is InChI=1S/C14H24N2O5/c1-21-8-6-15(5-7-17)14(20)16-9-10-3-2-4-11(10)12(16)13(18)19/h10-12,17H,2-9H2,1H3,(H,18,19). The normalized spacial score (nSPS) is 27.7. The van der Waals surface area contributed by atoms with Gasteiger partial charge < -0.3 is 24.7 Å². The molecule has 1 saturated carbocycles. The van der Waals surface area contributed by atoms with E-state index in [0.717, 1.165) is 19.3 Å². The van der Waals surface area contributed by atoms with E-state index in [9.17, 15) is 14.7 Å². The Morgan fingerprint density at radius 3 is 2.71 bits per heavy atom. The maximum absolute atomic E-state index is 12.6. The molecule has 0 spiro atoms. The Hall–Kier alpha value is -1.34. The van der Waals surface area contributed by atoms with Gasteiger partial charge in [0, 0.05) is 26.7 Å². The highest BCUT2D eigenvalue weighted by Crippen LogP contribution is 2.42. The molecule has 1 saturated heterocycles. The quantitative estimate of drug-likeness (QED) is 0.733. The number of aliphatic hydroxyl groups is 1. The highest BCUT2D eigenvalue weighted by atomic mass is 16.5. The van der Waals surface area contributed by atoms with Crippen LogP contribution in [0.2, 0.25) is 0 Å². The number of amides is 2. The molecular formula is C14H24N2O5. The van der Waals surface area contributed by atoms with E-state index >= 15 is 0 Å². The number of carboxylic acid groups (broad SMARTS) is 1. The van der Waals surface area contributed by atoms with E-state index in [0.29, 0.717) is 25.6 Å². The molecule has 2 N–H and O–H groups in total. The van der Waals surface area contributed by atoms with Crippen molar-refractivity contribution in [3.05, 3.63) is 0 Å². The Labute approximate surface area is 124 Å². The van der Waals surface area contributed by atoms with Gasteiger partial charge in [-0.2, -0.15) is 0 Å². The minimum Gasteiger partial charge on any atom is -0.480 e. The molecule has 2 rings (SSSR count). The zero-order valence-electron chi connectivity index (χ0n) is 12.4. The van der Waals surface area contributed by atoms with E-state index < -0.39 is 12.0 Å². The second kappa shape index (κ2) is 7.09. The lowest BCUT2D eigenvalue weighted by molar-refractivity contribution is -0.142. The summed E-state index contributed by atoms with van der Waals surface area (Å²) in [4.78, 5) is 27.1. The predicted octanol–water partition coefficient (Wildman–Crippen LogP) is 0.232. The van der Waals surface area contributed by atoms with Gasteiger partial charge in [-0.3, -0.25) is 0 Å². The highest BCUT2D eigenvalue weighted by molar-refractivity contribution is 5.84. The number of likely N-dealkylation sites (tertiary alicyclic amines) is 1. The van der Waals surface area contributed by atoms with Crippen molar-refractivity contribution < 1.29 is 24.5 Å². The van der Waals surface area contributed by atoms with E-state index in [1.807, 2.05) is 0 Å². The van der Waals surface area contributed by atoms with Gasteiger partial charge in [-0.25, -0.2) is 9.59 Å². The van der Waals surface area contributed by atoms with Crippen LogP contribution in [0, 0.1) is 11.8 Å². The smallest absolute Gasteiger partial charge is 0.326 e. The summed E-state index contributed by atoms with van der Waals surface area (Å²) in [7, 11) is 1.54. The van der Waals surface area contributed by atoms with Gasteiger partial charge in [0.25, 0.3) is 0 Å². The van der Waals surface area contributed by atoms with Crippen LogP contribution in [0.25, 0.3) is 0 Å². The third-order valence-electron chi connectivity index (χ3n) is 4.59. The number of fused-ring (bicyclic) bond motifs is 1. The number of methoxy groups -OCH3 is 1. The number of nitrogens with zero attached hydrogens (tertiary/aromatic N) is 2. The molecule has 0 aromatic heterocycles. The third kappa shape index (κ3) is 3.29. The molecule has 0 bridgehead atoms. The van der Waals surface area contributed by atoms with Crippen LogP contribution in [-0.4, -0.2) is 78.0 Å². The summed E-state index contributed by atoms with van der Waals surface area (Å²) < 4.78 is 4.97. The van der Waals surface area contributed by atoms with Crippen molar-refractivity contribution in [1.82, 2.24) is 9.80 Å². The van der Waals surface area contributed by atoms with E-state index in [1.54, 1.807) is 7.11 Å². The molecule has 21 heavy (non-hydrogen) atoms.